The molecule has 0 radical (unpaired) electrons. The quantitative estimate of drug-likeness (QED) is 0.836. The molecule has 1 heterocycles. The second-order valence-electron chi connectivity index (χ2n) is 4.17. The van der Waals surface area contributed by atoms with Gasteiger partial charge in [-0.15, -0.1) is 5.92 Å². The molecule has 0 spiro atoms. The first kappa shape index (κ1) is 12.7. The Morgan fingerprint density at radius 2 is 2.11 bits per heavy atom. The summed E-state index contributed by atoms with van der Waals surface area (Å²) in [5, 5.41) is 8.69. The van der Waals surface area contributed by atoms with Gasteiger partial charge in [0, 0.05) is 13.0 Å². The summed E-state index contributed by atoms with van der Waals surface area (Å²) in [4.78, 5) is 4.63. The van der Waals surface area contributed by atoms with E-state index >= 15 is 0 Å². The molecule has 1 aromatic heterocycles. The van der Waals surface area contributed by atoms with E-state index in [1.54, 1.807) is 0 Å². The summed E-state index contributed by atoms with van der Waals surface area (Å²) in [6.45, 7) is 3.26. The van der Waals surface area contributed by atoms with Crippen LogP contribution in [-0.4, -0.2) is 21.3 Å². The van der Waals surface area contributed by atoms with E-state index < -0.39 is 0 Å². The van der Waals surface area contributed by atoms with Gasteiger partial charge in [-0.3, -0.25) is 0 Å². The van der Waals surface area contributed by atoms with Crippen molar-refractivity contribution in [3.8, 4) is 11.8 Å². The van der Waals surface area contributed by atoms with Crippen LogP contribution in [0.4, 0.5) is 0 Å². The summed E-state index contributed by atoms with van der Waals surface area (Å²) >= 11 is 0. The maximum Gasteiger partial charge on any atom is 0.121 e. The zero-order valence-corrected chi connectivity index (χ0v) is 10.7. The van der Waals surface area contributed by atoms with Crippen molar-refractivity contribution in [2.24, 2.45) is 0 Å². The summed E-state index contributed by atoms with van der Waals surface area (Å²) in [6.07, 6.45) is 2.26. The van der Waals surface area contributed by atoms with E-state index in [0.717, 1.165) is 24.3 Å². The molecule has 0 saturated carbocycles. The molecule has 3 nitrogen and oxygen atoms in total. The van der Waals surface area contributed by atoms with Gasteiger partial charge < -0.3 is 9.67 Å². The molecule has 94 valence electrons. The van der Waals surface area contributed by atoms with Crippen LogP contribution in [0.3, 0.4) is 0 Å². The lowest BCUT2D eigenvalue weighted by molar-refractivity contribution is 0.305. The van der Waals surface area contributed by atoms with Crippen molar-refractivity contribution in [2.75, 3.05) is 6.61 Å². The number of aryl methyl sites for hydroxylation is 1. The highest BCUT2D eigenvalue weighted by Crippen LogP contribution is 2.16. The molecule has 0 atom stereocenters. The summed E-state index contributed by atoms with van der Waals surface area (Å²) in [5.41, 5.74) is 2.21. The van der Waals surface area contributed by atoms with Crippen molar-refractivity contribution in [1.29, 1.82) is 0 Å². The Kier molecular flexibility index (Phi) is 4.38. The van der Waals surface area contributed by atoms with Crippen molar-refractivity contribution in [1.82, 2.24) is 9.55 Å². The van der Waals surface area contributed by atoms with E-state index in [4.69, 9.17) is 5.11 Å². The van der Waals surface area contributed by atoms with E-state index in [1.807, 2.05) is 18.2 Å². The van der Waals surface area contributed by atoms with Crippen LogP contribution in [0.5, 0.6) is 0 Å². The minimum Gasteiger partial charge on any atom is -0.395 e. The molecule has 1 aromatic carbocycles. The number of imidazole rings is 1. The highest BCUT2D eigenvalue weighted by Gasteiger charge is 2.07. The zero-order chi connectivity index (χ0) is 12.8. The first-order valence-electron chi connectivity index (χ1n) is 6.37. The molecule has 0 amide bonds. The standard InChI is InChI=1S/C15H18N2O/c1-2-11-17-14-9-6-5-8-13(14)16-15(17)10-4-3-7-12-18/h5-6,8-9,18H,2,7,10-12H2,1H3. The number of aliphatic hydroxyl groups excluding tert-OH is 1. The summed E-state index contributed by atoms with van der Waals surface area (Å²) in [7, 11) is 0. The average molecular weight is 242 g/mol. The van der Waals surface area contributed by atoms with Gasteiger partial charge in [0.1, 0.15) is 5.82 Å². The third kappa shape index (κ3) is 2.72. The molecular formula is C15H18N2O. The maximum absolute atomic E-state index is 8.69. The Morgan fingerprint density at radius 3 is 2.89 bits per heavy atom. The third-order valence-electron chi connectivity index (χ3n) is 2.79. The normalized spacial score (nSPS) is 10.3. The highest BCUT2D eigenvalue weighted by molar-refractivity contribution is 5.75. The second-order valence-corrected chi connectivity index (χ2v) is 4.17. The van der Waals surface area contributed by atoms with Gasteiger partial charge in [0.2, 0.25) is 0 Å². The largest absolute Gasteiger partial charge is 0.395 e. The first-order valence-corrected chi connectivity index (χ1v) is 6.37. The predicted octanol–water partition coefficient (Wildman–Crippen LogP) is 2.37. The number of hydrogen-bond acceptors (Lipinski definition) is 2. The fourth-order valence-corrected chi connectivity index (χ4v) is 2.02. The first-order chi connectivity index (χ1) is 8.86. The van der Waals surface area contributed by atoms with Crippen LogP contribution in [-0.2, 0) is 13.0 Å². The lowest BCUT2D eigenvalue weighted by Gasteiger charge is -2.04. The SMILES string of the molecule is CCCn1c(CC#CCCO)nc2ccccc21. The fraction of sp³-hybridized carbons (Fsp3) is 0.400. The van der Waals surface area contributed by atoms with Crippen molar-refractivity contribution in [3.05, 3.63) is 30.1 Å². The monoisotopic (exact) mass is 242 g/mol. The third-order valence-corrected chi connectivity index (χ3v) is 2.79. The summed E-state index contributed by atoms with van der Waals surface area (Å²) in [5.74, 6) is 7.03. The lowest BCUT2D eigenvalue weighted by Crippen LogP contribution is -2.02. The second kappa shape index (κ2) is 6.23. The van der Waals surface area contributed by atoms with Crippen molar-refractivity contribution in [2.45, 2.75) is 32.7 Å². The number of benzene rings is 1. The van der Waals surface area contributed by atoms with Crippen molar-refractivity contribution >= 4 is 11.0 Å². The van der Waals surface area contributed by atoms with Gasteiger partial charge in [0.05, 0.1) is 24.1 Å². The Labute approximate surface area is 107 Å². The lowest BCUT2D eigenvalue weighted by atomic mass is 10.3. The average Bonchev–Trinajstić information content (AvgIpc) is 2.74. The van der Waals surface area contributed by atoms with Crippen LogP contribution in [0.15, 0.2) is 24.3 Å². The minimum atomic E-state index is 0.123. The molecule has 2 aromatic rings. The molecule has 0 aliphatic rings. The molecule has 0 saturated heterocycles. The summed E-state index contributed by atoms with van der Waals surface area (Å²) < 4.78 is 2.24. The Hall–Kier alpha value is -1.79. The van der Waals surface area contributed by atoms with E-state index in [-0.39, 0.29) is 6.61 Å². The molecular weight excluding hydrogens is 224 g/mol. The van der Waals surface area contributed by atoms with Crippen molar-refractivity contribution in [3.63, 3.8) is 0 Å². The molecule has 0 aliphatic heterocycles. The van der Waals surface area contributed by atoms with Gasteiger partial charge in [-0.25, -0.2) is 4.98 Å². The molecule has 0 aliphatic carbocycles. The molecule has 2 rings (SSSR count). The maximum atomic E-state index is 8.69. The summed E-state index contributed by atoms with van der Waals surface area (Å²) in [6, 6.07) is 8.18. The van der Waals surface area contributed by atoms with Gasteiger partial charge in [-0.2, -0.15) is 0 Å². The molecule has 0 bridgehead atoms. The molecule has 3 heteroatoms. The smallest absolute Gasteiger partial charge is 0.121 e. The highest BCUT2D eigenvalue weighted by atomic mass is 16.2. The van der Waals surface area contributed by atoms with Crippen LogP contribution < -0.4 is 0 Å². The number of nitrogens with zero attached hydrogens (tertiary/aromatic N) is 2. The van der Waals surface area contributed by atoms with Gasteiger partial charge >= 0.3 is 0 Å². The molecule has 0 unspecified atom stereocenters. The topological polar surface area (TPSA) is 38.0 Å². The zero-order valence-electron chi connectivity index (χ0n) is 10.7. The number of aromatic nitrogens is 2. The van der Waals surface area contributed by atoms with Crippen molar-refractivity contribution < 1.29 is 5.11 Å². The van der Waals surface area contributed by atoms with Gasteiger partial charge in [0.25, 0.3) is 0 Å². The Balaban J connectivity index is 2.31. The van der Waals surface area contributed by atoms with E-state index in [2.05, 4.69) is 34.4 Å². The van der Waals surface area contributed by atoms with E-state index in [0.29, 0.717) is 12.8 Å². The van der Waals surface area contributed by atoms with Crippen LogP contribution >= 0.6 is 0 Å². The Morgan fingerprint density at radius 1 is 1.28 bits per heavy atom. The van der Waals surface area contributed by atoms with E-state index in [9.17, 15) is 0 Å². The minimum absolute atomic E-state index is 0.123. The van der Waals surface area contributed by atoms with Crippen LogP contribution in [0.1, 0.15) is 25.6 Å². The number of aliphatic hydroxyl groups is 1. The van der Waals surface area contributed by atoms with Crippen LogP contribution in [0.25, 0.3) is 11.0 Å². The molecule has 1 N–H and O–H groups in total. The predicted molar refractivity (Wildman–Crippen MR) is 73.2 cm³/mol. The van der Waals surface area contributed by atoms with Crippen LogP contribution in [0, 0.1) is 11.8 Å². The van der Waals surface area contributed by atoms with E-state index in [1.165, 1.54) is 5.52 Å². The van der Waals surface area contributed by atoms with Gasteiger partial charge in [0.15, 0.2) is 0 Å². The number of fused-ring (bicyclic) bond motifs is 1. The Bertz CT molecular complexity index is 575. The number of para-hydroxylation sites is 2. The van der Waals surface area contributed by atoms with Crippen LogP contribution in [0.2, 0.25) is 0 Å². The molecule has 18 heavy (non-hydrogen) atoms. The number of hydrogen-bond donors (Lipinski definition) is 1. The van der Waals surface area contributed by atoms with Gasteiger partial charge in [-0.05, 0) is 18.6 Å². The van der Waals surface area contributed by atoms with Gasteiger partial charge in [-0.1, -0.05) is 25.0 Å². The fourth-order valence-electron chi connectivity index (χ4n) is 2.02. The molecule has 0 fully saturated rings. The number of rotatable bonds is 4.